The third kappa shape index (κ3) is 5.51. The molecule has 0 unspecified atom stereocenters. The highest BCUT2D eigenvalue weighted by Gasteiger charge is 2.19. The molecule has 0 atom stereocenters. The molecule has 0 aliphatic rings. The SMILES string of the molecule is Cc1c(Br)ccc(NCCNC(=O)OC(C)(C)C)c1[N+](=O)[O-]. The molecule has 1 amide bonds. The van der Waals surface area contributed by atoms with Gasteiger partial charge in [0.2, 0.25) is 0 Å². The number of ether oxygens (including phenoxy) is 1. The van der Waals surface area contributed by atoms with E-state index in [1.165, 1.54) is 0 Å². The third-order valence-electron chi connectivity index (χ3n) is 2.66. The van der Waals surface area contributed by atoms with Gasteiger partial charge in [-0.15, -0.1) is 0 Å². The van der Waals surface area contributed by atoms with Crippen LogP contribution in [-0.4, -0.2) is 29.7 Å². The van der Waals surface area contributed by atoms with Crippen molar-refractivity contribution in [2.45, 2.75) is 33.3 Å². The minimum Gasteiger partial charge on any atom is -0.444 e. The standard InChI is InChI=1S/C14H20BrN3O4/c1-9-10(15)5-6-11(12(9)18(20)21)16-7-8-17-13(19)22-14(2,3)4/h5-6,16H,7-8H2,1-4H3,(H,17,19). The molecule has 122 valence electrons. The average Bonchev–Trinajstić information content (AvgIpc) is 2.36. The van der Waals surface area contributed by atoms with E-state index in [-0.39, 0.29) is 5.69 Å². The maximum Gasteiger partial charge on any atom is 0.407 e. The van der Waals surface area contributed by atoms with Crippen LogP contribution >= 0.6 is 15.9 Å². The van der Waals surface area contributed by atoms with Crippen LogP contribution in [0.3, 0.4) is 0 Å². The molecule has 0 bridgehead atoms. The van der Waals surface area contributed by atoms with Crippen molar-refractivity contribution in [3.8, 4) is 0 Å². The zero-order chi connectivity index (χ0) is 16.9. The molecular formula is C14H20BrN3O4. The van der Waals surface area contributed by atoms with E-state index >= 15 is 0 Å². The summed E-state index contributed by atoms with van der Waals surface area (Å²) >= 11 is 3.27. The van der Waals surface area contributed by atoms with Crippen molar-refractivity contribution < 1.29 is 14.5 Å². The van der Waals surface area contributed by atoms with Gasteiger partial charge in [-0.25, -0.2) is 4.79 Å². The Morgan fingerprint density at radius 2 is 2.00 bits per heavy atom. The Hall–Kier alpha value is -1.83. The number of amides is 1. The highest BCUT2D eigenvalue weighted by molar-refractivity contribution is 9.10. The van der Waals surface area contributed by atoms with E-state index in [0.29, 0.717) is 28.8 Å². The first-order valence-electron chi connectivity index (χ1n) is 6.76. The number of anilines is 1. The number of carbonyl (C=O) groups excluding carboxylic acids is 1. The molecule has 1 aromatic carbocycles. The molecule has 2 N–H and O–H groups in total. The van der Waals surface area contributed by atoms with Crippen LogP contribution in [-0.2, 0) is 4.74 Å². The van der Waals surface area contributed by atoms with E-state index in [4.69, 9.17) is 4.74 Å². The van der Waals surface area contributed by atoms with Crippen molar-refractivity contribution in [2.75, 3.05) is 18.4 Å². The van der Waals surface area contributed by atoms with Gasteiger partial charge in [-0.3, -0.25) is 10.1 Å². The second-order valence-corrected chi connectivity index (χ2v) is 6.54. The summed E-state index contributed by atoms with van der Waals surface area (Å²) in [6, 6.07) is 3.37. The molecule has 0 aromatic heterocycles. The van der Waals surface area contributed by atoms with Crippen molar-refractivity contribution in [1.82, 2.24) is 5.32 Å². The summed E-state index contributed by atoms with van der Waals surface area (Å²) < 4.78 is 5.77. The van der Waals surface area contributed by atoms with E-state index in [1.54, 1.807) is 39.8 Å². The summed E-state index contributed by atoms with van der Waals surface area (Å²) in [6.07, 6.45) is -0.518. The first kappa shape index (κ1) is 18.2. The van der Waals surface area contributed by atoms with Crippen LogP contribution in [0.4, 0.5) is 16.2 Å². The normalized spacial score (nSPS) is 11.0. The van der Waals surface area contributed by atoms with Crippen molar-refractivity contribution >= 4 is 33.4 Å². The van der Waals surface area contributed by atoms with Gasteiger partial charge in [0.25, 0.3) is 5.69 Å². The lowest BCUT2D eigenvalue weighted by atomic mass is 10.1. The average molecular weight is 374 g/mol. The summed E-state index contributed by atoms with van der Waals surface area (Å²) in [5.74, 6) is 0. The van der Waals surface area contributed by atoms with Gasteiger partial charge >= 0.3 is 6.09 Å². The van der Waals surface area contributed by atoms with Crippen molar-refractivity contribution in [2.24, 2.45) is 0 Å². The number of nitrogens with one attached hydrogen (secondary N) is 2. The number of nitrogens with zero attached hydrogens (tertiary/aromatic N) is 1. The van der Waals surface area contributed by atoms with Crippen LogP contribution in [0.15, 0.2) is 16.6 Å². The van der Waals surface area contributed by atoms with Gasteiger partial charge in [-0.1, -0.05) is 15.9 Å². The Bertz CT molecular complexity index is 570. The van der Waals surface area contributed by atoms with Crippen molar-refractivity contribution in [3.05, 3.63) is 32.3 Å². The molecular weight excluding hydrogens is 354 g/mol. The molecule has 1 aromatic rings. The van der Waals surface area contributed by atoms with E-state index in [0.717, 1.165) is 0 Å². The Kier molecular flexibility index (Phi) is 6.16. The van der Waals surface area contributed by atoms with Crippen molar-refractivity contribution in [3.63, 3.8) is 0 Å². The van der Waals surface area contributed by atoms with E-state index in [1.807, 2.05) is 0 Å². The number of halogens is 1. The molecule has 0 radical (unpaired) electrons. The monoisotopic (exact) mass is 373 g/mol. The Morgan fingerprint density at radius 1 is 1.36 bits per heavy atom. The second kappa shape index (κ2) is 7.44. The predicted octanol–water partition coefficient (Wildman–Crippen LogP) is 3.60. The molecule has 0 saturated carbocycles. The molecule has 0 saturated heterocycles. The van der Waals surface area contributed by atoms with Crippen LogP contribution in [0, 0.1) is 17.0 Å². The zero-order valence-electron chi connectivity index (χ0n) is 13.0. The number of nitro groups is 1. The maximum atomic E-state index is 11.5. The number of rotatable bonds is 5. The van der Waals surface area contributed by atoms with Gasteiger partial charge in [0.15, 0.2) is 0 Å². The van der Waals surface area contributed by atoms with Crippen LogP contribution in [0.1, 0.15) is 26.3 Å². The quantitative estimate of drug-likeness (QED) is 0.467. The second-order valence-electron chi connectivity index (χ2n) is 5.68. The number of hydrogen-bond acceptors (Lipinski definition) is 5. The Morgan fingerprint density at radius 3 is 2.55 bits per heavy atom. The summed E-state index contributed by atoms with van der Waals surface area (Å²) in [7, 11) is 0. The molecule has 0 heterocycles. The van der Waals surface area contributed by atoms with Crippen LogP contribution < -0.4 is 10.6 Å². The van der Waals surface area contributed by atoms with Crippen LogP contribution in [0.25, 0.3) is 0 Å². The van der Waals surface area contributed by atoms with Gasteiger partial charge in [-0.05, 0) is 39.8 Å². The zero-order valence-corrected chi connectivity index (χ0v) is 14.6. The fraction of sp³-hybridized carbons (Fsp3) is 0.500. The van der Waals surface area contributed by atoms with E-state index in [2.05, 4.69) is 26.6 Å². The first-order chi connectivity index (χ1) is 10.1. The predicted molar refractivity (Wildman–Crippen MR) is 88.3 cm³/mol. The lowest BCUT2D eigenvalue weighted by Gasteiger charge is -2.19. The lowest BCUT2D eigenvalue weighted by molar-refractivity contribution is -0.384. The largest absolute Gasteiger partial charge is 0.444 e. The molecule has 1 rings (SSSR count). The fourth-order valence-corrected chi connectivity index (χ4v) is 2.05. The van der Waals surface area contributed by atoms with Crippen molar-refractivity contribution in [1.29, 1.82) is 0 Å². The maximum absolute atomic E-state index is 11.5. The van der Waals surface area contributed by atoms with Crippen LogP contribution in [0.2, 0.25) is 0 Å². The van der Waals surface area contributed by atoms with Gasteiger partial charge in [-0.2, -0.15) is 0 Å². The van der Waals surface area contributed by atoms with Gasteiger partial charge < -0.3 is 15.4 Å². The fourth-order valence-electron chi connectivity index (χ4n) is 1.73. The number of carbonyl (C=O) groups is 1. The van der Waals surface area contributed by atoms with Gasteiger partial charge in [0.1, 0.15) is 11.3 Å². The summed E-state index contributed by atoms with van der Waals surface area (Å²) in [5, 5.41) is 16.7. The number of benzene rings is 1. The molecule has 0 spiro atoms. The minimum absolute atomic E-state index is 0.0200. The number of alkyl carbamates (subject to hydrolysis) is 1. The molecule has 0 aliphatic carbocycles. The highest BCUT2D eigenvalue weighted by atomic mass is 79.9. The van der Waals surface area contributed by atoms with Gasteiger partial charge in [0, 0.05) is 23.1 Å². The van der Waals surface area contributed by atoms with E-state index < -0.39 is 16.6 Å². The summed E-state index contributed by atoms with van der Waals surface area (Å²) in [4.78, 5) is 22.2. The molecule has 22 heavy (non-hydrogen) atoms. The summed E-state index contributed by atoms with van der Waals surface area (Å²) in [6.45, 7) is 7.64. The van der Waals surface area contributed by atoms with E-state index in [9.17, 15) is 14.9 Å². The van der Waals surface area contributed by atoms with Crippen LogP contribution in [0.5, 0.6) is 0 Å². The van der Waals surface area contributed by atoms with Gasteiger partial charge in [0.05, 0.1) is 4.92 Å². The Balaban J connectivity index is 2.58. The molecule has 8 heteroatoms. The molecule has 0 fully saturated rings. The molecule has 7 nitrogen and oxygen atoms in total. The third-order valence-corrected chi connectivity index (χ3v) is 3.52. The lowest BCUT2D eigenvalue weighted by Crippen LogP contribution is -2.35. The number of nitro benzene ring substituents is 1. The first-order valence-corrected chi connectivity index (χ1v) is 7.55. The highest BCUT2D eigenvalue weighted by Crippen LogP contribution is 2.33. The molecule has 0 aliphatic heterocycles. The number of hydrogen-bond donors (Lipinski definition) is 2. The Labute approximate surface area is 137 Å². The smallest absolute Gasteiger partial charge is 0.407 e. The summed E-state index contributed by atoms with van der Waals surface area (Å²) in [5.41, 5.74) is 0.428. The minimum atomic E-state index is -0.556. The topological polar surface area (TPSA) is 93.5 Å².